The number of aryl methyl sites for hydroxylation is 1. The van der Waals surface area contributed by atoms with Crippen LogP contribution in [-0.4, -0.2) is 38.2 Å². The number of hydrogen-bond acceptors (Lipinski definition) is 3. The highest BCUT2D eigenvalue weighted by atomic mass is 35.5. The van der Waals surface area contributed by atoms with E-state index in [1.807, 2.05) is 13.0 Å². The third-order valence-electron chi connectivity index (χ3n) is 3.56. The smallest absolute Gasteiger partial charge is 0.143 e. The second kappa shape index (κ2) is 5.81. The Hall–Kier alpha value is -0.930. The van der Waals surface area contributed by atoms with Gasteiger partial charge in [0.05, 0.1) is 12.8 Å². The summed E-state index contributed by atoms with van der Waals surface area (Å²) in [5, 5.41) is 4.33. The van der Waals surface area contributed by atoms with Gasteiger partial charge in [-0.25, -0.2) is 0 Å². The van der Waals surface area contributed by atoms with Crippen molar-refractivity contribution in [2.45, 2.75) is 25.8 Å². The molecule has 1 heterocycles. The van der Waals surface area contributed by atoms with Gasteiger partial charge in [0.15, 0.2) is 0 Å². The summed E-state index contributed by atoms with van der Waals surface area (Å²) in [6.45, 7) is 4.31. The maximum Gasteiger partial charge on any atom is 0.143 e. The zero-order valence-electron chi connectivity index (χ0n) is 11.3. The zero-order chi connectivity index (χ0) is 13.1. The summed E-state index contributed by atoms with van der Waals surface area (Å²) >= 11 is 6.11. The van der Waals surface area contributed by atoms with E-state index in [1.54, 1.807) is 7.11 Å². The number of ether oxygens (including phenoxy) is 1. The van der Waals surface area contributed by atoms with Crippen LogP contribution >= 0.6 is 11.6 Å². The number of rotatable bonds is 3. The molecule has 3 nitrogen and oxygen atoms in total. The highest BCUT2D eigenvalue weighted by molar-refractivity contribution is 6.31. The molecule has 2 rings (SSSR count). The predicted octanol–water partition coefficient (Wildman–Crippen LogP) is 3.16. The molecule has 1 saturated heterocycles. The number of piperidine rings is 1. The zero-order valence-corrected chi connectivity index (χ0v) is 12.0. The standard InChI is InChI=1S/C14H21ClN2O/c1-10-8-13(14(18-3)9-12(10)15)16-11-4-6-17(2)7-5-11/h8-9,11,16H,4-7H2,1-3H3. The SMILES string of the molecule is COc1cc(Cl)c(C)cc1NC1CCN(C)CC1. The number of halogens is 1. The Balaban J connectivity index is 2.10. The molecule has 0 aliphatic carbocycles. The molecule has 4 heteroatoms. The van der Waals surface area contributed by atoms with Crippen molar-refractivity contribution in [1.82, 2.24) is 4.90 Å². The van der Waals surface area contributed by atoms with Crippen LogP contribution in [-0.2, 0) is 0 Å². The molecule has 1 aliphatic heterocycles. The van der Waals surface area contributed by atoms with Crippen LogP contribution in [0.25, 0.3) is 0 Å². The second-order valence-corrected chi connectivity index (χ2v) is 5.43. The Bertz CT molecular complexity index is 415. The van der Waals surface area contributed by atoms with Gasteiger partial charge in [-0.1, -0.05) is 11.6 Å². The summed E-state index contributed by atoms with van der Waals surface area (Å²) in [4.78, 5) is 2.36. The molecule has 100 valence electrons. The molecule has 1 aromatic rings. The fraction of sp³-hybridized carbons (Fsp3) is 0.571. The molecule has 1 aliphatic rings. The molecular weight excluding hydrogens is 248 g/mol. The lowest BCUT2D eigenvalue weighted by Crippen LogP contribution is -2.36. The van der Waals surface area contributed by atoms with Crippen molar-refractivity contribution in [3.63, 3.8) is 0 Å². The topological polar surface area (TPSA) is 24.5 Å². The molecule has 1 N–H and O–H groups in total. The number of nitrogens with zero attached hydrogens (tertiary/aromatic N) is 1. The Kier molecular flexibility index (Phi) is 4.36. The molecule has 0 aromatic heterocycles. The number of nitrogens with one attached hydrogen (secondary N) is 1. The van der Waals surface area contributed by atoms with Gasteiger partial charge in [-0.3, -0.25) is 0 Å². The van der Waals surface area contributed by atoms with E-state index in [-0.39, 0.29) is 0 Å². The van der Waals surface area contributed by atoms with Crippen LogP contribution in [0.4, 0.5) is 5.69 Å². The molecule has 0 spiro atoms. The van der Waals surface area contributed by atoms with E-state index in [0.717, 1.165) is 35.1 Å². The third kappa shape index (κ3) is 3.09. The van der Waals surface area contributed by atoms with Crippen molar-refractivity contribution < 1.29 is 4.74 Å². The lowest BCUT2D eigenvalue weighted by Gasteiger charge is -2.30. The molecule has 0 amide bonds. The van der Waals surface area contributed by atoms with Crippen molar-refractivity contribution >= 4 is 17.3 Å². The third-order valence-corrected chi connectivity index (χ3v) is 3.97. The van der Waals surface area contributed by atoms with Gasteiger partial charge in [0.2, 0.25) is 0 Å². The van der Waals surface area contributed by atoms with Gasteiger partial charge in [-0.05, 0) is 51.5 Å². The normalized spacial score (nSPS) is 17.8. The average molecular weight is 269 g/mol. The Morgan fingerprint density at radius 2 is 2.00 bits per heavy atom. The highest BCUT2D eigenvalue weighted by Crippen LogP contribution is 2.32. The minimum Gasteiger partial charge on any atom is -0.495 e. The van der Waals surface area contributed by atoms with Gasteiger partial charge >= 0.3 is 0 Å². The predicted molar refractivity (Wildman–Crippen MR) is 76.9 cm³/mol. The van der Waals surface area contributed by atoms with Crippen molar-refractivity contribution in [3.05, 3.63) is 22.7 Å². The van der Waals surface area contributed by atoms with Gasteiger partial charge in [0.1, 0.15) is 5.75 Å². The summed E-state index contributed by atoms with van der Waals surface area (Å²) < 4.78 is 5.39. The Morgan fingerprint density at radius 1 is 1.33 bits per heavy atom. The van der Waals surface area contributed by atoms with Crippen LogP contribution in [0.3, 0.4) is 0 Å². The second-order valence-electron chi connectivity index (χ2n) is 5.02. The maximum absolute atomic E-state index is 6.11. The summed E-state index contributed by atoms with van der Waals surface area (Å²) in [7, 11) is 3.85. The summed E-state index contributed by atoms with van der Waals surface area (Å²) in [5.74, 6) is 0.824. The van der Waals surface area contributed by atoms with E-state index in [2.05, 4.69) is 23.3 Å². The van der Waals surface area contributed by atoms with E-state index < -0.39 is 0 Å². The van der Waals surface area contributed by atoms with Crippen LogP contribution in [0.2, 0.25) is 5.02 Å². The molecule has 1 aromatic carbocycles. The number of benzene rings is 1. The number of anilines is 1. The fourth-order valence-electron chi connectivity index (χ4n) is 2.32. The van der Waals surface area contributed by atoms with Crippen LogP contribution < -0.4 is 10.1 Å². The molecule has 0 radical (unpaired) electrons. The van der Waals surface area contributed by atoms with E-state index in [1.165, 1.54) is 12.8 Å². The molecule has 1 fully saturated rings. The van der Waals surface area contributed by atoms with Crippen molar-refractivity contribution in [1.29, 1.82) is 0 Å². The largest absolute Gasteiger partial charge is 0.495 e. The maximum atomic E-state index is 6.11. The first kappa shape index (κ1) is 13.5. The summed E-state index contributed by atoms with van der Waals surface area (Å²) in [6, 6.07) is 4.48. The highest BCUT2D eigenvalue weighted by Gasteiger charge is 2.18. The van der Waals surface area contributed by atoms with Crippen molar-refractivity contribution in [2.75, 3.05) is 32.6 Å². The molecule has 0 atom stereocenters. The molecule has 0 unspecified atom stereocenters. The molecule has 18 heavy (non-hydrogen) atoms. The molecule has 0 bridgehead atoms. The Labute approximate surface area is 114 Å². The summed E-state index contributed by atoms with van der Waals surface area (Å²) in [6.07, 6.45) is 2.34. The van der Waals surface area contributed by atoms with Gasteiger partial charge in [0, 0.05) is 17.1 Å². The molecular formula is C14H21ClN2O. The van der Waals surface area contributed by atoms with Crippen LogP contribution in [0.15, 0.2) is 12.1 Å². The number of likely N-dealkylation sites (tertiary alicyclic amines) is 1. The fourth-order valence-corrected chi connectivity index (χ4v) is 2.47. The lowest BCUT2D eigenvalue weighted by molar-refractivity contribution is 0.263. The van der Waals surface area contributed by atoms with Crippen molar-refractivity contribution in [3.8, 4) is 5.75 Å². The first-order valence-corrected chi connectivity index (χ1v) is 6.77. The van der Waals surface area contributed by atoms with E-state index in [0.29, 0.717) is 6.04 Å². The first-order valence-electron chi connectivity index (χ1n) is 6.39. The van der Waals surface area contributed by atoms with Gasteiger partial charge < -0.3 is 15.0 Å². The lowest BCUT2D eigenvalue weighted by atomic mass is 10.0. The van der Waals surface area contributed by atoms with Crippen molar-refractivity contribution in [2.24, 2.45) is 0 Å². The van der Waals surface area contributed by atoms with E-state index >= 15 is 0 Å². The van der Waals surface area contributed by atoms with Gasteiger partial charge in [0.25, 0.3) is 0 Å². The average Bonchev–Trinajstić information content (AvgIpc) is 2.36. The van der Waals surface area contributed by atoms with Gasteiger partial charge in [-0.2, -0.15) is 0 Å². The van der Waals surface area contributed by atoms with E-state index in [4.69, 9.17) is 16.3 Å². The van der Waals surface area contributed by atoms with Crippen LogP contribution in [0.1, 0.15) is 18.4 Å². The van der Waals surface area contributed by atoms with Crippen LogP contribution in [0, 0.1) is 6.92 Å². The molecule has 0 saturated carbocycles. The first-order chi connectivity index (χ1) is 8.60. The quantitative estimate of drug-likeness (QED) is 0.911. The number of methoxy groups -OCH3 is 1. The van der Waals surface area contributed by atoms with Crippen LogP contribution in [0.5, 0.6) is 5.75 Å². The Morgan fingerprint density at radius 3 is 2.61 bits per heavy atom. The monoisotopic (exact) mass is 268 g/mol. The van der Waals surface area contributed by atoms with E-state index in [9.17, 15) is 0 Å². The number of hydrogen-bond donors (Lipinski definition) is 1. The summed E-state index contributed by atoms with van der Waals surface area (Å²) in [5.41, 5.74) is 2.13. The minimum atomic E-state index is 0.524. The minimum absolute atomic E-state index is 0.524. The van der Waals surface area contributed by atoms with Gasteiger partial charge in [-0.15, -0.1) is 0 Å².